The molecule has 1 heteroatoms. The van der Waals surface area contributed by atoms with Crippen molar-refractivity contribution in [2.45, 2.75) is 12.3 Å². The van der Waals surface area contributed by atoms with Crippen LogP contribution in [0.2, 0.25) is 0 Å². The third kappa shape index (κ3) is 2.09. The third-order valence-corrected chi connectivity index (χ3v) is 6.93. The molecule has 0 fully saturated rings. The zero-order valence-corrected chi connectivity index (χ0v) is 16.3. The summed E-state index contributed by atoms with van der Waals surface area (Å²) >= 11 is 3.88. The third-order valence-electron chi connectivity index (χ3n) is 6.08. The fourth-order valence-electron chi connectivity index (χ4n) is 4.98. The molecule has 6 rings (SSSR count). The van der Waals surface area contributed by atoms with Crippen LogP contribution in [0.4, 0.5) is 0 Å². The Morgan fingerprint density at radius 1 is 0.630 bits per heavy atom. The molecule has 1 atom stereocenters. The molecule has 5 aromatic carbocycles. The van der Waals surface area contributed by atoms with E-state index in [9.17, 15) is 0 Å². The van der Waals surface area contributed by atoms with E-state index in [-0.39, 0.29) is 0 Å². The Morgan fingerprint density at radius 3 is 1.89 bits per heavy atom. The van der Waals surface area contributed by atoms with Gasteiger partial charge in [-0.15, -0.1) is 0 Å². The number of rotatable bonds is 1. The van der Waals surface area contributed by atoms with E-state index in [1.807, 2.05) is 0 Å². The van der Waals surface area contributed by atoms with Crippen molar-refractivity contribution < 1.29 is 0 Å². The molecule has 0 saturated heterocycles. The molecule has 1 aliphatic rings. The first-order valence-corrected chi connectivity index (χ1v) is 10.2. The minimum atomic E-state index is 0.397. The van der Waals surface area contributed by atoms with Gasteiger partial charge in [-0.3, -0.25) is 0 Å². The van der Waals surface area contributed by atoms with Gasteiger partial charge in [-0.05, 0) is 71.4 Å². The van der Waals surface area contributed by atoms with Crippen molar-refractivity contribution in [1.82, 2.24) is 0 Å². The van der Waals surface area contributed by atoms with E-state index in [1.165, 1.54) is 53.5 Å². The molecule has 0 bridgehead atoms. The van der Waals surface area contributed by atoms with Crippen LogP contribution in [0.3, 0.4) is 0 Å². The summed E-state index contributed by atoms with van der Waals surface area (Å²) in [6, 6.07) is 31.1. The van der Waals surface area contributed by atoms with Gasteiger partial charge in [-0.1, -0.05) is 84.9 Å². The molecule has 1 aliphatic carbocycles. The molecule has 5 aromatic rings. The van der Waals surface area contributed by atoms with E-state index < -0.39 is 0 Å². The highest BCUT2D eigenvalue weighted by atomic mass is 79.9. The normalized spacial score (nSPS) is 15.8. The number of halogens is 1. The van der Waals surface area contributed by atoms with Crippen LogP contribution in [0.5, 0.6) is 0 Å². The van der Waals surface area contributed by atoms with E-state index in [1.54, 1.807) is 0 Å². The van der Waals surface area contributed by atoms with Crippen molar-refractivity contribution in [2.75, 3.05) is 0 Å². The van der Waals surface area contributed by atoms with Crippen LogP contribution >= 0.6 is 15.9 Å². The Labute approximate surface area is 166 Å². The minimum absolute atomic E-state index is 0.397. The standard InChI is InChI=1S/C26H17Br/c27-26-21-12-3-1-10-18(21)25(19-11-2-4-13-22(19)26)23-15-17-9-5-7-16-8-6-14-20(23)24(16)17/h1-14,23H,15H2. The molecular weight excluding hydrogens is 392 g/mol. The Balaban J connectivity index is 1.76. The quantitative estimate of drug-likeness (QED) is 0.250. The lowest BCUT2D eigenvalue weighted by molar-refractivity contribution is 0.863. The second kappa shape index (κ2) is 5.68. The van der Waals surface area contributed by atoms with Gasteiger partial charge in [0, 0.05) is 10.4 Å². The van der Waals surface area contributed by atoms with Gasteiger partial charge in [0.05, 0.1) is 0 Å². The average molecular weight is 409 g/mol. The predicted octanol–water partition coefficient (Wildman–Crippen LogP) is 7.60. The molecule has 0 N–H and O–H groups in total. The van der Waals surface area contributed by atoms with E-state index in [4.69, 9.17) is 0 Å². The smallest absolute Gasteiger partial charge is 0.0332 e. The van der Waals surface area contributed by atoms with Crippen LogP contribution in [-0.4, -0.2) is 0 Å². The van der Waals surface area contributed by atoms with Crippen molar-refractivity contribution >= 4 is 48.2 Å². The Kier molecular flexibility index (Phi) is 3.24. The van der Waals surface area contributed by atoms with Crippen molar-refractivity contribution in [1.29, 1.82) is 0 Å². The van der Waals surface area contributed by atoms with E-state index >= 15 is 0 Å². The number of hydrogen-bond acceptors (Lipinski definition) is 0. The molecule has 0 aliphatic heterocycles. The van der Waals surface area contributed by atoms with Gasteiger partial charge in [0.25, 0.3) is 0 Å². The maximum absolute atomic E-state index is 3.88. The van der Waals surface area contributed by atoms with Crippen molar-refractivity contribution in [3.63, 3.8) is 0 Å². The highest BCUT2D eigenvalue weighted by molar-refractivity contribution is 9.10. The molecule has 0 nitrogen and oxygen atoms in total. The zero-order chi connectivity index (χ0) is 18.0. The molecule has 0 saturated carbocycles. The lowest BCUT2D eigenvalue weighted by Crippen LogP contribution is -2.02. The Bertz CT molecular complexity index is 1300. The maximum atomic E-state index is 3.88. The number of fused-ring (bicyclic) bond motifs is 2. The zero-order valence-electron chi connectivity index (χ0n) is 14.7. The van der Waals surface area contributed by atoms with Gasteiger partial charge in [0.1, 0.15) is 0 Å². The Morgan fingerprint density at radius 2 is 1.22 bits per heavy atom. The fourth-order valence-corrected chi connectivity index (χ4v) is 5.67. The lowest BCUT2D eigenvalue weighted by atomic mass is 9.84. The second-order valence-electron chi connectivity index (χ2n) is 7.44. The predicted molar refractivity (Wildman–Crippen MR) is 119 cm³/mol. The van der Waals surface area contributed by atoms with Gasteiger partial charge in [0.15, 0.2) is 0 Å². The summed E-state index contributed by atoms with van der Waals surface area (Å²) in [5.74, 6) is 0.397. The van der Waals surface area contributed by atoms with Crippen LogP contribution < -0.4 is 0 Å². The lowest BCUT2D eigenvalue weighted by Gasteiger charge is -2.20. The van der Waals surface area contributed by atoms with Crippen LogP contribution in [0.1, 0.15) is 22.6 Å². The summed E-state index contributed by atoms with van der Waals surface area (Å²) < 4.78 is 1.20. The maximum Gasteiger partial charge on any atom is 0.0332 e. The summed E-state index contributed by atoms with van der Waals surface area (Å²) in [5, 5.41) is 8.14. The van der Waals surface area contributed by atoms with E-state index in [0.29, 0.717) is 5.92 Å². The summed E-state index contributed by atoms with van der Waals surface area (Å²) in [4.78, 5) is 0. The molecule has 0 heterocycles. The highest BCUT2D eigenvalue weighted by Gasteiger charge is 2.28. The van der Waals surface area contributed by atoms with Gasteiger partial charge in [-0.2, -0.15) is 0 Å². The van der Waals surface area contributed by atoms with Gasteiger partial charge in [-0.25, -0.2) is 0 Å². The van der Waals surface area contributed by atoms with E-state index in [2.05, 4.69) is 101 Å². The first-order valence-electron chi connectivity index (χ1n) is 9.42. The first kappa shape index (κ1) is 15.4. The summed E-state index contributed by atoms with van der Waals surface area (Å²) in [5.41, 5.74) is 4.41. The van der Waals surface area contributed by atoms with Gasteiger partial charge < -0.3 is 0 Å². The van der Waals surface area contributed by atoms with Crippen molar-refractivity contribution in [2.24, 2.45) is 0 Å². The van der Waals surface area contributed by atoms with Crippen LogP contribution in [0.25, 0.3) is 32.3 Å². The second-order valence-corrected chi connectivity index (χ2v) is 8.23. The molecule has 128 valence electrons. The average Bonchev–Trinajstić information content (AvgIpc) is 3.09. The van der Waals surface area contributed by atoms with Crippen LogP contribution in [-0.2, 0) is 6.42 Å². The molecule has 0 radical (unpaired) electrons. The monoisotopic (exact) mass is 408 g/mol. The van der Waals surface area contributed by atoms with Gasteiger partial charge in [0.2, 0.25) is 0 Å². The van der Waals surface area contributed by atoms with Gasteiger partial charge >= 0.3 is 0 Å². The SMILES string of the molecule is Brc1c2ccccc2c(C2Cc3cccc4cccc2c34)c2ccccc12. The number of benzene rings is 5. The molecule has 27 heavy (non-hydrogen) atoms. The molecule has 0 spiro atoms. The van der Waals surface area contributed by atoms with Crippen molar-refractivity contribution in [3.8, 4) is 0 Å². The molecule has 0 amide bonds. The fraction of sp³-hybridized carbons (Fsp3) is 0.0769. The minimum Gasteiger partial charge on any atom is -0.0616 e. The van der Waals surface area contributed by atoms with Crippen LogP contribution in [0, 0.1) is 0 Å². The largest absolute Gasteiger partial charge is 0.0616 e. The first-order chi connectivity index (χ1) is 13.3. The number of hydrogen-bond donors (Lipinski definition) is 0. The highest BCUT2D eigenvalue weighted by Crippen LogP contribution is 2.47. The van der Waals surface area contributed by atoms with E-state index in [0.717, 1.165) is 6.42 Å². The summed E-state index contributed by atoms with van der Waals surface area (Å²) in [7, 11) is 0. The molecular formula is C26H17Br. The molecule has 0 aromatic heterocycles. The Hall–Kier alpha value is -2.64. The van der Waals surface area contributed by atoms with Crippen LogP contribution in [0.15, 0.2) is 89.4 Å². The summed E-state index contributed by atoms with van der Waals surface area (Å²) in [6.45, 7) is 0. The van der Waals surface area contributed by atoms with Crippen molar-refractivity contribution in [3.05, 3.63) is 106 Å². The summed E-state index contributed by atoms with van der Waals surface area (Å²) in [6.07, 6.45) is 1.08. The molecule has 1 unspecified atom stereocenters. The topological polar surface area (TPSA) is 0 Å².